The Kier molecular flexibility index (Phi) is 2.78. The Labute approximate surface area is 96.1 Å². The quantitative estimate of drug-likeness (QED) is 0.798. The lowest BCUT2D eigenvalue weighted by molar-refractivity contribution is 0.657. The lowest BCUT2D eigenvalue weighted by Crippen LogP contribution is -2.31. The Morgan fingerprint density at radius 3 is 3.00 bits per heavy atom. The zero-order chi connectivity index (χ0) is 11.7. The molecule has 0 saturated carbocycles. The molecule has 6 heteroatoms. The van der Waals surface area contributed by atoms with Gasteiger partial charge < -0.3 is 0 Å². The summed E-state index contributed by atoms with van der Waals surface area (Å²) >= 11 is 5.77. The van der Waals surface area contributed by atoms with Crippen LogP contribution in [0.4, 0.5) is 5.82 Å². The van der Waals surface area contributed by atoms with Gasteiger partial charge in [-0.3, -0.25) is 14.3 Å². The standard InChI is InChI=1S/C10H10ClN3O2/c1-2-3-4-14-8-6(5-7(11)12-8)9(15)13-10(14)16/h2H,1,3-5H2,(H,13,15,16). The van der Waals surface area contributed by atoms with Gasteiger partial charge in [0.05, 0.1) is 5.56 Å². The Bertz CT molecular complexity index is 583. The first kappa shape index (κ1) is 10.9. The molecule has 0 bridgehead atoms. The molecule has 0 fully saturated rings. The third kappa shape index (κ3) is 1.74. The van der Waals surface area contributed by atoms with Crippen LogP contribution in [0, 0.1) is 0 Å². The average Bonchev–Trinajstić information content (AvgIpc) is 2.60. The molecule has 0 aromatic carbocycles. The van der Waals surface area contributed by atoms with Crippen molar-refractivity contribution < 1.29 is 0 Å². The van der Waals surface area contributed by atoms with Crippen molar-refractivity contribution in [3.8, 4) is 0 Å². The number of hydrogen-bond acceptors (Lipinski definition) is 3. The molecule has 5 nitrogen and oxygen atoms in total. The summed E-state index contributed by atoms with van der Waals surface area (Å²) in [5.41, 5.74) is -0.413. The van der Waals surface area contributed by atoms with Gasteiger partial charge in [-0.15, -0.1) is 6.58 Å². The fraction of sp³-hybridized carbons (Fsp3) is 0.300. The van der Waals surface area contributed by atoms with Gasteiger partial charge in [0, 0.05) is 13.0 Å². The highest BCUT2D eigenvalue weighted by Gasteiger charge is 2.21. The van der Waals surface area contributed by atoms with Gasteiger partial charge in [-0.05, 0) is 6.42 Å². The number of rotatable bonds is 3. The van der Waals surface area contributed by atoms with Gasteiger partial charge in [0.1, 0.15) is 11.0 Å². The number of allylic oxidation sites excluding steroid dienone is 1. The predicted molar refractivity (Wildman–Crippen MR) is 62.8 cm³/mol. The summed E-state index contributed by atoms with van der Waals surface area (Å²) < 4.78 is 1.41. The summed E-state index contributed by atoms with van der Waals surface area (Å²) in [6.07, 6.45) is 2.62. The number of aromatic amines is 1. The zero-order valence-corrected chi connectivity index (χ0v) is 9.25. The normalized spacial score (nSPS) is 13.4. The Balaban J connectivity index is 2.60. The smallest absolute Gasteiger partial charge is 0.277 e. The van der Waals surface area contributed by atoms with Crippen molar-refractivity contribution in [2.45, 2.75) is 19.4 Å². The van der Waals surface area contributed by atoms with Crippen molar-refractivity contribution in [2.75, 3.05) is 0 Å². The zero-order valence-electron chi connectivity index (χ0n) is 8.49. The third-order valence-electron chi connectivity index (χ3n) is 2.37. The first-order chi connectivity index (χ1) is 7.63. The van der Waals surface area contributed by atoms with E-state index in [-0.39, 0.29) is 0 Å². The van der Waals surface area contributed by atoms with E-state index in [4.69, 9.17) is 11.6 Å². The fourth-order valence-electron chi connectivity index (χ4n) is 1.62. The molecule has 1 N–H and O–H groups in total. The molecule has 2 rings (SSSR count). The molecule has 84 valence electrons. The number of halogens is 1. The van der Waals surface area contributed by atoms with Crippen molar-refractivity contribution >= 4 is 22.6 Å². The van der Waals surface area contributed by atoms with Crippen LogP contribution in [-0.2, 0) is 13.0 Å². The molecule has 2 heterocycles. The van der Waals surface area contributed by atoms with E-state index >= 15 is 0 Å². The van der Waals surface area contributed by atoms with Gasteiger partial charge in [0.25, 0.3) is 5.56 Å². The molecule has 0 saturated heterocycles. The molecule has 1 aromatic rings. The minimum Gasteiger partial charge on any atom is -0.277 e. The SMILES string of the molecule is C=CCCn1c2c(c(=O)[nH]c1=O)CC(Cl)=N2. The maximum absolute atomic E-state index is 11.6. The van der Waals surface area contributed by atoms with Crippen LogP contribution in [0.2, 0.25) is 0 Å². The Hall–Kier alpha value is -1.62. The van der Waals surface area contributed by atoms with Crippen LogP contribution in [0.15, 0.2) is 27.2 Å². The monoisotopic (exact) mass is 239 g/mol. The van der Waals surface area contributed by atoms with E-state index in [9.17, 15) is 9.59 Å². The Morgan fingerprint density at radius 2 is 2.31 bits per heavy atom. The minimum atomic E-state index is -0.458. The van der Waals surface area contributed by atoms with E-state index in [2.05, 4.69) is 16.6 Å². The van der Waals surface area contributed by atoms with Crippen LogP contribution >= 0.6 is 11.6 Å². The summed E-state index contributed by atoms with van der Waals surface area (Å²) in [6.45, 7) is 4.02. The van der Waals surface area contributed by atoms with E-state index in [1.165, 1.54) is 4.57 Å². The lowest BCUT2D eigenvalue weighted by Gasteiger charge is -2.06. The molecule has 0 atom stereocenters. The molecule has 0 aliphatic carbocycles. The number of aromatic nitrogens is 2. The molecule has 1 aliphatic heterocycles. The van der Waals surface area contributed by atoms with E-state index in [0.29, 0.717) is 35.9 Å². The molecule has 16 heavy (non-hydrogen) atoms. The number of nitrogens with one attached hydrogen (secondary N) is 1. The van der Waals surface area contributed by atoms with Crippen molar-refractivity contribution in [2.24, 2.45) is 4.99 Å². The van der Waals surface area contributed by atoms with E-state index in [0.717, 1.165) is 0 Å². The van der Waals surface area contributed by atoms with E-state index in [1.807, 2.05) is 0 Å². The van der Waals surface area contributed by atoms with Crippen molar-refractivity contribution in [3.63, 3.8) is 0 Å². The lowest BCUT2D eigenvalue weighted by atomic mass is 10.2. The van der Waals surface area contributed by atoms with Gasteiger partial charge in [-0.2, -0.15) is 0 Å². The van der Waals surface area contributed by atoms with Gasteiger partial charge in [-0.25, -0.2) is 9.79 Å². The van der Waals surface area contributed by atoms with Crippen molar-refractivity contribution in [1.82, 2.24) is 9.55 Å². The summed E-state index contributed by atoms with van der Waals surface area (Å²) in [6, 6.07) is 0. The highest BCUT2D eigenvalue weighted by Crippen LogP contribution is 2.23. The first-order valence-corrected chi connectivity index (χ1v) is 5.21. The highest BCUT2D eigenvalue weighted by atomic mass is 35.5. The van der Waals surface area contributed by atoms with E-state index in [1.54, 1.807) is 6.08 Å². The summed E-state index contributed by atoms with van der Waals surface area (Å²) in [7, 11) is 0. The first-order valence-electron chi connectivity index (χ1n) is 4.83. The number of aliphatic imine (C=N–C) groups is 1. The molecular weight excluding hydrogens is 230 g/mol. The second kappa shape index (κ2) is 4.09. The minimum absolute atomic E-state index is 0.292. The topological polar surface area (TPSA) is 67.2 Å². The average molecular weight is 240 g/mol. The number of H-pyrrole nitrogens is 1. The van der Waals surface area contributed by atoms with Crippen molar-refractivity contribution in [3.05, 3.63) is 39.1 Å². The summed E-state index contributed by atoms with van der Waals surface area (Å²) in [5.74, 6) is 0.376. The number of nitrogens with zero attached hydrogens (tertiary/aromatic N) is 2. The van der Waals surface area contributed by atoms with Crippen LogP contribution in [0.25, 0.3) is 0 Å². The molecule has 0 radical (unpaired) electrons. The summed E-state index contributed by atoms with van der Waals surface area (Å²) in [4.78, 5) is 29.3. The maximum atomic E-state index is 11.6. The van der Waals surface area contributed by atoms with Crippen molar-refractivity contribution in [1.29, 1.82) is 0 Å². The van der Waals surface area contributed by atoms with Crippen LogP contribution in [0.3, 0.4) is 0 Å². The molecule has 0 unspecified atom stereocenters. The highest BCUT2D eigenvalue weighted by molar-refractivity contribution is 6.66. The van der Waals surface area contributed by atoms with Crippen LogP contribution in [0.1, 0.15) is 12.0 Å². The molecule has 0 amide bonds. The molecular formula is C10H10ClN3O2. The van der Waals surface area contributed by atoms with E-state index < -0.39 is 11.2 Å². The van der Waals surface area contributed by atoms with Gasteiger partial charge in [0.15, 0.2) is 0 Å². The maximum Gasteiger partial charge on any atom is 0.329 e. The van der Waals surface area contributed by atoms with Crippen LogP contribution in [-0.4, -0.2) is 14.7 Å². The molecule has 1 aromatic heterocycles. The molecule has 1 aliphatic rings. The predicted octanol–water partition coefficient (Wildman–Crippen LogP) is 0.938. The second-order valence-electron chi connectivity index (χ2n) is 3.46. The second-order valence-corrected chi connectivity index (χ2v) is 3.89. The third-order valence-corrected chi connectivity index (χ3v) is 2.59. The van der Waals surface area contributed by atoms with Gasteiger partial charge >= 0.3 is 5.69 Å². The van der Waals surface area contributed by atoms with Gasteiger partial charge in [-0.1, -0.05) is 17.7 Å². The number of fused-ring (bicyclic) bond motifs is 1. The number of hydrogen-bond donors (Lipinski definition) is 1. The van der Waals surface area contributed by atoms with Crippen LogP contribution < -0.4 is 11.2 Å². The van der Waals surface area contributed by atoms with Crippen LogP contribution in [0.5, 0.6) is 0 Å². The largest absolute Gasteiger partial charge is 0.329 e. The molecule has 0 spiro atoms. The Morgan fingerprint density at radius 1 is 1.56 bits per heavy atom. The summed E-state index contributed by atoms with van der Waals surface area (Å²) in [5, 5.41) is 0.332. The fourth-order valence-corrected chi connectivity index (χ4v) is 1.83. The van der Waals surface area contributed by atoms with Gasteiger partial charge in [0.2, 0.25) is 0 Å².